The number of para-hydroxylation sites is 1. The molecule has 1 aromatic heterocycles. The van der Waals surface area contributed by atoms with Crippen LogP contribution in [0.3, 0.4) is 0 Å². The van der Waals surface area contributed by atoms with Crippen molar-refractivity contribution >= 4 is 28.1 Å². The Morgan fingerprint density at radius 1 is 1.18 bits per heavy atom. The molecule has 7 heteroatoms. The van der Waals surface area contributed by atoms with Crippen LogP contribution in [-0.2, 0) is 0 Å². The van der Waals surface area contributed by atoms with Gasteiger partial charge in [0.05, 0.1) is 15.7 Å². The molecule has 2 aromatic carbocycles. The van der Waals surface area contributed by atoms with Gasteiger partial charge in [0.1, 0.15) is 11.5 Å². The van der Waals surface area contributed by atoms with E-state index in [1.165, 1.54) is 6.07 Å². The second-order valence-electron chi connectivity index (χ2n) is 4.80. The Morgan fingerprint density at radius 2 is 1.91 bits per heavy atom. The molecule has 3 aromatic rings. The smallest absolute Gasteiger partial charge is 0.200 e. The quantitative estimate of drug-likeness (QED) is 0.588. The van der Waals surface area contributed by atoms with E-state index in [9.17, 15) is 10.2 Å². The molecular weight excluding hydrogens is 366 g/mol. The van der Waals surface area contributed by atoms with Gasteiger partial charge >= 0.3 is 0 Å². The van der Waals surface area contributed by atoms with Crippen molar-refractivity contribution in [1.82, 2.24) is 14.8 Å². The van der Waals surface area contributed by atoms with Gasteiger partial charge in [-0.05, 0) is 52.8 Å². The van der Waals surface area contributed by atoms with E-state index in [1.807, 2.05) is 31.2 Å². The van der Waals surface area contributed by atoms with Gasteiger partial charge in [0, 0.05) is 6.07 Å². The summed E-state index contributed by atoms with van der Waals surface area (Å²) in [5, 5.41) is 26.7. The van der Waals surface area contributed by atoms with Gasteiger partial charge in [0.25, 0.3) is 0 Å². The highest BCUT2D eigenvalue weighted by Crippen LogP contribution is 2.37. The zero-order valence-corrected chi connectivity index (χ0v) is 13.9. The van der Waals surface area contributed by atoms with Crippen LogP contribution < -0.4 is 0 Å². The summed E-state index contributed by atoms with van der Waals surface area (Å²) in [6, 6.07) is 10.6. The minimum absolute atomic E-state index is 0.0437. The van der Waals surface area contributed by atoms with E-state index in [2.05, 4.69) is 26.1 Å². The molecule has 0 aliphatic heterocycles. The van der Waals surface area contributed by atoms with Crippen LogP contribution in [0.25, 0.3) is 17.1 Å². The molecule has 1 heterocycles. The first kappa shape index (κ1) is 14.8. The Bertz CT molecular complexity index is 917. The molecule has 0 unspecified atom stereocenters. The average Bonchev–Trinajstić information content (AvgIpc) is 2.85. The molecule has 0 fully saturated rings. The third-order valence-electron chi connectivity index (χ3n) is 3.33. The maximum Gasteiger partial charge on any atom is 0.200 e. The number of nitrogens with zero attached hydrogens (tertiary/aromatic N) is 2. The summed E-state index contributed by atoms with van der Waals surface area (Å²) in [5.74, 6) is 0.347. The van der Waals surface area contributed by atoms with E-state index in [0.29, 0.717) is 20.6 Å². The lowest BCUT2D eigenvalue weighted by Crippen LogP contribution is -2.00. The first-order valence-electron chi connectivity index (χ1n) is 6.44. The van der Waals surface area contributed by atoms with Crippen molar-refractivity contribution in [3.8, 4) is 28.6 Å². The Balaban J connectivity index is 2.30. The lowest BCUT2D eigenvalue weighted by atomic mass is 10.1. The second-order valence-corrected chi connectivity index (χ2v) is 6.04. The van der Waals surface area contributed by atoms with Crippen LogP contribution in [0.5, 0.6) is 11.5 Å². The number of aromatic amines is 1. The highest BCUT2D eigenvalue weighted by atomic mass is 79.9. The Hall–Kier alpha value is -2.12. The summed E-state index contributed by atoms with van der Waals surface area (Å²) in [4.78, 5) is 0. The molecule has 0 saturated heterocycles. The van der Waals surface area contributed by atoms with Crippen LogP contribution in [-0.4, -0.2) is 25.0 Å². The molecule has 0 atom stereocenters. The van der Waals surface area contributed by atoms with Gasteiger partial charge in [0.2, 0.25) is 0 Å². The van der Waals surface area contributed by atoms with Gasteiger partial charge in [-0.1, -0.05) is 18.2 Å². The second kappa shape index (κ2) is 5.58. The minimum atomic E-state index is -0.0791. The van der Waals surface area contributed by atoms with Crippen LogP contribution in [0, 0.1) is 11.7 Å². The lowest BCUT2D eigenvalue weighted by molar-refractivity contribution is 0.449. The number of hydrogen-bond acceptors (Lipinski definition) is 4. The van der Waals surface area contributed by atoms with E-state index in [0.717, 1.165) is 11.3 Å². The zero-order valence-electron chi connectivity index (χ0n) is 11.5. The van der Waals surface area contributed by atoms with E-state index in [-0.39, 0.29) is 11.5 Å². The van der Waals surface area contributed by atoms with Crippen molar-refractivity contribution in [3.05, 3.63) is 51.2 Å². The van der Waals surface area contributed by atoms with Crippen LogP contribution in [0.1, 0.15) is 5.56 Å². The number of aromatic nitrogens is 3. The number of H-pyrrole nitrogens is 1. The summed E-state index contributed by atoms with van der Waals surface area (Å²) < 4.78 is 2.64. The largest absolute Gasteiger partial charge is 0.507 e. The number of phenols is 2. The normalized spacial score (nSPS) is 10.8. The molecule has 0 aliphatic rings. The first-order chi connectivity index (χ1) is 10.5. The molecule has 0 saturated carbocycles. The summed E-state index contributed by atoms with van der Waals surface area (Å²) in [5.41, 5.74) is 2.36. The molecule has 112 valence electrons. The number of aromatic hydroxyl groups is 2. The maximum atomic E-state index is 10.1. The molecule has 0 spiro atoms. The van der Waals surface area contributed by atoms with E-state index >= 15 is 0 Å². The SMILES string of the molecule is Cc1ccccc1-n1c(-c2cc(Br)c(O)cc2O)n[nH]c1=S. The van der Waals surface area contributed by atoms with Crippen molar-refractivity contribution < 1.29 is 10.2 Å². The number of aryl methyl sites for hydroxylation is 1. The highest BCUT2D eigenvalue weighted by Gasteiger charge is 2.17. The van der Waals surface area contributed by atoms with Crippen LogP contribution in [0.4, 0.5) is 0 Å². The molecule has 0 radical (unpaired) electrons. The number of nitrogens with one attached hydrogen (secondary N) is 1. The fraction of sp³-hybridized carbons (Fsp3) is 0.0667. The number of phenolic OH excluding ortho intramolecular Hbond substituents is 2. The zero-order chi connectivity index (χ0) is 15.9. The van der Waals surface area contributed by atoms with Crippen molar-refractivity contribution in [1.29, 1.82) is 0 Å². The molecule has 3 N–H and O–H groups in total. The van der Waals surface area contributed by atoms with Gasteiger partial charge < -0.3 is 10.2 Å². The molecule has 5 nitrogen and oxygen atoms in total. The standard InChI is InChI=1S/C15H12BrN3O2S/c1-8-4-2-3-5-11(8)19-14(17-18-15(19)22)9-6-10(16)13(21)7-12(9)20/h2-7,20-21H,1H3,(H,18,22). The molecule has 22 heavy (non-hydrogen) atoms. The molecular formula is C15H12BrN3O2S. The van der Waals surface area contributed by atoms with Crippen molar-refractivity contribution in [2.24, 2.45) is 0 Å². The van der Waals surface area contributed by atoms with E-state index in [1.54, 1.807) is 10.6 Å². The first-order valence-corrected chi connectivity index (χ1v) is 7.64. The number of rotatable bonds is 2. The summed E-state index contributed by atoms with van der Waals surface area (Å²) >= 11 is 8.56. The fourth-order valence-electron chi connectivity index (χ4n) is 2.25. The van der Waals surface area contributed by atoms with Gasteiger partial charge in [0.15, 0.2) is 10.6 Å². The van der Waals surface area contributed by atoms with Crippen LogP contribution in [0.15, 0.2) is 40.9 Å². The summed E-state index contributed by atoms with van der Waals surface area (Å²) in [6.07, 6.45) is 0. The molecule has 0 aliphatic carbocycles. The fourth-order valence-corrected chi connectivity index (χ4v) is 2.82. The summed E-state index contributed by atoms with van der Waals surface area (Å²) in [6.45, 7) is 1.97. The predicted octanol–water partition coefficient (Wildman–Crippen LogP) is 4.08. The number of halogens is 1. The Morgan fingerprint density at radius 3 is 2.64 bits per heavy atom. The Labute approximate surface area is 140 Å². The van der Waals surface area contributed by atoms with Crippen molar-refractivity contribution in [3.63, 3.8) is 0 Å². The Kier molecular flexibility index (Phi) is 3.76. The van der Waals surface area contributed by atoms with Gasteiger partial charge in [-0.25, -0.2) is 0 Å². The third-order valence-corrected chi connectivity index (χ3v) is 4.24. The van der Waals surface area contributed by atoms with Gasteiger partial charge in [-0.2, -0.15) is 5.10 Å². The predicted molar refractivity (Wildman–Crippen MR) is 90.0 cm³/mol. The van der Waals surface area contributed by atoms with Crippen LogP contribution in [0.2, 0.25) is 0 Å². The average molecular weight is 378 g/mol. The van der Waals surface area contributed by atoms with Gasteiger partial charge in [-0.15, -0.1) is 0 Å². The maximum absolute atomic E-state index is 10.1. The monoisotopic (exact) mass is 377 g/mol. The van der Waals surface area contributed by atoms with Gasteiger partial charge in [-0.3, -0.25) is 9.67 Å². The van der Waals surface area contributed by atoms with Crippen molar-refractivity contribution in [2.45, 2.75) is 6.92 Å². The van der Waals surface area contributed by atoms with E-state index < -0.39 is 0 Å². The number of hydrogen-bond donors (Lipinski definition) is 3. The van der Waals surface area contributed by atoms with E-state index in [4.69, 9.17) is 12.2 Å². The number of benzene rings is 2. The molecule has 0 bridgehead atoms. The minimum Gasteiger partial charge on any atom is -0.507 e. The highest BCUT2D eigenvalue weighted by molar-refractivity contribution is 9.10. The van der Waals surface area contributed by atoms with Crippen LogP contribution >= 0.6 is 28.1 Å². The van der Waals surface area contributed by atoms with Crippen molar-refractivity contribution in [2.75, 3.05) is 0 Å². The summed E-state index contributed by atoms with van der Waals surface area (Å²) in [7, 11) is 0. The molecule has 0 amide bonds. The lowest BCUT2D eigenvalue weighted by Gasteiger charge is -2.11. The topological polar surface area (TPSA) is 74.1 Å². The molecule has 3 rings (SSSR count). The third kappa shape index (κ3) is 2.42.